The molecule has 8 heteroatoms. The second kappa shape index (κ2) is 8.90. The Kier molecular flexibility index (Phi) is 6.43. The molecule has 2 aromatic rings. The van der Waals surface area contributed by atoms with Gasteiger partial charge < -0.3 is 14.7 Å². The van der Waals surface area contributed by atoms with E-state index in [0.29, 0.717) is 28.2 Å². The Morgan fingerprint density at radius 2 is 1.81 bits per heavy atom. The van der Waals surface area contributed by atoms with Crippen molar-refractivity contribution in [3.8, 4) is 11.5 Å². The number of aryl methyl sites for hydroxylation is 2. The van der Waals surface area contributed by atoms with Crippen molar-refractivity contribution in [1.29, 1.82) is 0 Å². The lowest BCUT2D eigenvalue weighted by atomic mass is 10.0. The maximum absolute atomic E-state index is 13.3. The average molecular weight is 440 g/mol. The molecular weight excluding hydrogens is 410 g/mol. The number of fused-ring (bicyclic) bond motifs is 1. The van der Waals surface area contributed by atoms with Crippen LogP contribution in [0, 0.1) is 20.8 Å². The number of rotatable bonds is 3. The summed E-state index contributed by atoms with van der Waals surface area (Å²) >= 11 is 0. The van der Waals surface area contributed by atoms with Gasteiger partial charge in [0.15, 0.2) is 17.6 Å². The number of oxime groups is 1. The topological polar surface area (TPSA) is 100 Å². The molecule has 3 rings (SSSR count). The molecule has 32 heavy (non-hydrogen) atoms. The number of benzene rings is 2. The standard InChI is InChI=1S/C24H29N3O5/c1-14-9-15(2)11-17(10-14)23(29)27(24(4,5)6)26-22(28)19-7-8-20-21(16(19)3)32-18(12-25-30)13-31-20/h7-12,18,30H,13H2,1-6H3,(H,26,28)/b25-12-/t18-/m0/s1. The lowest BCUT2D eigenvalue weighted by Gasteiger charge is -2.36. The fourth-order valence-corrected chi connectivity index (χ4v) is 3.59. The number of hydrazine groups is 1. The highest BCUT2D eigenvalue weighted by Gasteiger charge is 2.31. The number of nitrogens with zero attached hydrogens (tertiary/aromatic N) is 2. The molecule has 1 atom stereocenters. The Morgan fingerprint density at radius 3 is 2.41 bits per heavy atom. The summed E-state index contributed by atoms with van der Waals surface area (Å²) in [5.41, 5.74) is 5.45. The number of ether oxygens (including phenoxy) is 2. The largest absolute Gasteiger partial charge is 0.485 e. The second-order valence-corrected chi connectivity index (χ2v) is 8.93. The number of carbonyl (C=O) groups is 2. The summed E-state index contributed by atoms with van der Waals surface area (Å²) in [5, 5.41) is 13.1. The minimum atomic E-state index is -0.672. The SMILES string of the molecule is Cc1cc(C)cc(C(=O)N(NC(=O)c2ccc3c(c2C)O[C@@H](/C=N\O)CO3)C(C)(C)C)c1. The van der Waals surface area contributed by atoms with Gasteiger partial charge in [0, 0.05) is 16.7 Å². The van der Waals surface area contributed by atoms with Gasteiger partial charge in [-0.2, -0.15) is 0 Å². The Labute approximate surface area is 187 Å². The van der Waals surface area contributed by atoms with Crippen molar-refractivity contribution >= 4 is 18.0 Å². The molecule has 0 fully saturated rings. The summed E-state index contributed by atoms with van der Waals surface area (Å²) in [6.45, 7) is 11.3. The van der Waals surface area contributed by atoms with Gasteiger partial charge in [-0.05, 0) is 65.8 Å². The fraction of sp³-hybridized carbons (Fsp3) is 0.375. The van der Waals surface area contributed by atoms with Gasteiger partial charge in [0.05, 0.1) is 11.8 Å². The summed E-state index contributed by atoms with van der Waals surface area (Å²) in [6, 6.07) is 8.88. The molecule has 0 unspecified atom stereocenters. The lowest BCUT2D eigenvalue weighted by Crippen LogP contribution is -2.56. The number of hydrogen-bond acceptors (Lipinski definition) is 6. The lowest BCUT2D eigenvalue weighted by molar-refractivity contribution is 0.0358. The van der Waals surface area contributed by atoms with Crippen molar-refractivity contribution in [1.82, 2.24) is 10.4 Å². The van der Waals surface area contributed by atoms with Crippen molar-refractivity contribution in [3.05, 3.63) is 58.1 Å². The second-order valence-electron chi connectivity index (χ2n) is 8.93. The van der Waals surface area contributed by atoms with Crippen LogP contribution >= 0.6 is 0 Å². The third-order valence-electron chi connectivity index (χ3n) is 5.08. The molecule has 0 aromatic heterocycles. The minimum Gasteiger partial charge on any atom is -0.485 e. The van der Waals surface area contributed by atoms with Crippen LogP contribution in [-0.2, 0) is 0 Å². The van der Waals surface area contributed by atoms with Gasteiger partial charge in [0.2, 0.25) is 0 Å². The molecule has 0 bridgehead atoms. The first-order valence-corrected chi connectivity index (χ1v) is 10.4. The zero-order chi connectivity index (χ0) is 23.6. The van der Waals surface area contributed by atoms with Gasteiger partial charge in [-0.1, -0.05) is 22.3 Å². The molecule has 2 N–H and O–H groups in total. The van der Waals surface area contributed by atoms with Crippen LogP contribution in [0.1, 0.15) is 58.2 Å². The third-order valence-corrected chi connectivity index (χ3v) is 5.08. The van der Waals surface area contributed by atoms with E-state index in [9.17, 15) is 9.59 Å². The van der Waals surface area contributed by atoms with Crippen LogP contribution in [0.3, 0.4) is 0 Å². The van der Waals surface area contributed by atoms with E-state index in [1.54, 1.807) is 31.2 Å². The molecule has 0 radical (unpaired) electrons. The van der Waals surface area contributed by atoms with Gasteiger partial charge in [-0.15, -0.1) is 0 Å². The maximum atomic E-state index is 13.3. The molecule has 2 aromatic carbocycles. The van der Waals surface area contributed by atoms with Gasteiger partial charge >= 0.3 is 0 Å². The molecule has 8 nitrogen and oxygen atoms in total. The Balaban J connectivity index is 1.91. The fourth-order valence-electron chi connectivity index (χ4n) is 3.59. The van der Waals surface area contributed by atoms with Crippen LogP contribution < -0.4 is 14.9 Å². The number of hydrogen-bond donors (Lipinski definition) is 2. The van der Waals surface area contributed by atoms with E-state index < -0.39 is 17.6 Å². The van der Waals surface area contributed by atoms with Crippen LogP contribution in [0.15, 0.2) is 35.5 Å². The summed E-state index contributed by atoms with van der Waals surface area (Å²) in [5.74, 6) is 0.156. The van der Waals surface area contributed by atoms with Crippen molar-refractivity contribution in [2.45, 2.75) is 53.2 Å². The molecule has 1 heterocycles. The molecule has 2 amide bonds. The molecule has 0 aliphatic carbocycles. The van der Waals surface area contributed by atoms with Gasteiger partial charge in [0.25, 0.3) is 11.8 Å². The monoisotopic (exact) mass is 439 g/mol. The predicted octanol–water partition coefficient (Wildman–Crippen LogP) is 3.80. The summed E-state index contributed by atoms with van der Waals surface area (Å²) in [6.07, 6.45) is 0.653. The molecule has 0 saturated carbocycles. The summed E-state index contributed by atoms with van der Waals surface area (Å²) in [7, 11) is 0. The van der Waals surface area contributed by atoms with Gasteiger partial charge in [-0.25, -0.2) is 5.01 Å². The number of amides is 2. The van der Waals surface area contributed by atoms with E-state index in [1.807, 2.05) is 40.7 Å². The zero-order valence-corrected chi connectivity index (χ0v) is 19.2. The molecule has 0 saturated heterocycles. The quantitative estimate of drug-likeness (QED) is 0.430. The highest BCUT2D eigenvalue weighted by atomic mass is 16.6. The van der Waals surface area contributed by atoms with Crippen LogP contribution in [-0.4, -0.2) is 46.5 Å². The van der Waals surface area contributed by atoms with Crippen molar-refractivity contribution in [3.63, 3.8) is 0 Å². The maximum Gasteiger partial charge on any atom is 0.272 e. The van der Waals surface area contributed by atoms with Crippen LogP contribution in [0.4, 0.5) is 0 Å². The average Bonchev–Trinajstić information content (AvgIpc) is 2.70. The predicted molar refractivity (Wildman–Crippen MR) is 121 cm³/mol. The third kappa shape index (κ3) is 4.85. The Morgan fingerprint density at radius 1 is 1.16 bits per heavy atom. The van der Waals surface area contributed by atoms with Crippen LogP contribution in [0.25, 0.3) is 0 Å². The molecule has 0 spiro atoms. The highest BCUT2D eigenvalue weighted by Crippen LogP contribution is 2.36. The van der Waals surface area contributed by atoms with Gasteiger partial charge in [-0.3, -0.25) is 15.0 Å². The van der Waals surface area contributed by atoms with Crippen LogP contribution in [0.5, 0.6) is 11.5 Å². The summed E-state index contributed by atoms with van der Waals surface area (Å²) in [4.78, 5) is 26.5. The first-order valence-electron chi connectivity index (χ1n) is 10.4. The Hall–Kier alpha value is -3.55. The minimum absolute atomic E-state index is 0.199. The van der Waals surface area contributed by atoms with Crippen molar-refractivity contribution < 1.29 is 24.3 Å². The Bertz CT molecular complexity index is 1050. The van der Waals surface area contributed by atoms with E-state index >= 15 is 0 Å². The van der Waals surface area contributed by atoms with E-state index in [0.717, 1.165) is 11.1 Å². The molecule has 170 valence electrons. The van der Waals surface area contributed by atoms with E-state index in [1.165, 1.54) is 11.2 Å². The first-order chi connectivity index (χ1) is 15.0. The van der Waals surface area contributed by atoms with Gasteiger partial charge in [0.1, 0.15) is 6.61 Å². The van der Waals surface area contributed by atoms with Crippen molar-refractivity contribution in [2.75, 3.05) is 6.61 Å². The smallest absolute Gasteiger partial charge is 0.272 e. The number of nitrogens with one attached hydrogen (secondary N) is 1. The molecule has 1 aliphatic rings. The van der Waals surface area contributed by atoms with E-state index in [4.69, 9.17) is 14.7 Å². The summed E-state index contributed by atoms with van der Waals surface area (Å²) < 4.78 is 11.4. The highest BCUT2D eigenvalue weighted by molar-refractivity contribution is 6.00. The molecular formula is C24H29N3O5. The van der Waals surface area contributed by atoms with Crippen LogP contribution in [0.2, 0.25) is 0 Å². The zero-order valence-electron chi connectivity index (χ0n) is 19.2. The normalized spacial score (nSPS) is 15.5. The number of carbonyl (C=O) groups excluding carboxylic acids is 2. The van der Waals surface area contributed by atoms with Crippen molar-refractivity contribution in [2.24, 2.45) is 5.16 Å². The molecule has 1 aliphatic heterocycles. The van der Waals surface area contributed by atoms with E-state index in [2.05, 4.69) is 10.6 Å². The van der Waals surface area contributed by atoms with E-state index in [-0.39, 0.29) is 12.5 Å². The first kappa shape index (κ1) is 23.1.